The molecule has 1 aromatic carbocycles. The lowest BCUT2D eigenvalue weighted by Crippen LogP contribution is -2.44. The van der Waals surface area contributed by atoms with E-state index in [0.29, 0.717) is 12.6 Å². The third-order valence-corrected chi connectivity index (χ3v) is 2.29. The number of benzene rings is 1. The number of para-hydroxylation sites is 1. The second kappa shape index (κ2) is 9.89. The Morgan fingerprint density at radius 1 is 1.21 bits per heavy atom. The minimum Gasteiger partial charge on any atom is -0.489 e. The van der Waals surface area contributed by atoms with E-state index in [2.05, 4.69) is 29.5 Å². The average Bonchev–Trinajstić information content (AvgIpc) is 2.35. The van der Waals surface area contributed by atoms with Crippen molar-refractivity contribution in [3.63, 3.8) is 0 Å². The summed E-state index contributed by atoms with van der Waals surface area (Å²) in [5, 5.41) is 6.47. The van der Waals surface area contributed by atoms with E-state index in [9.17, 15) is 0 Å². The second-order valence-electron chi connectivity index (χ2n) is 4.49. The van der Waals surface area contributed by atoms with E-state index in [1.54, 1.807) is 7.05 Å². The molecule has 5 heteroatoms. The summed E-state index contributed by atoms with van der Waals surface area (Å²) in [4.78, 5) is 4.15. The smallest absolute Gasteiger partial charge is 0.191 e. The van der Waals surface area contributed by atoms with Crippen LogP contribution in [0.2, 0.25) is 0 Å². The van der Waals surface area contributed by atoms with Crippen molar-refractivity contribution in [1.82, 2.24) is 10.6 Å². The molecule has 1 atom stereocenters. The number of aliphatic imine (C=N–C) groups is 1. The van der Waals surface area contributed by atoms with E-state index in [4.69, 9.17) is 4.74 Å². The SMILES string of the molecule is CN=C(NCC(C)Oc1ccccc1)NC(C)C.I. The first-order chi connectivity index (χ1) is 8.61. The fraction of sp³-hybridized carbons (Fsp3) is 0.500. The van der Waals surface area contributed by atoms with Crippen LogP contribution in [0.15, 0.2) is 35.3 Å². The predicted octanol–water partition coefficient (Wildman–Crippen LogP) is 2.65. The molecule has 0 fully saturated rings. The highest BCUT2D eigenvalue weighted by Gasteiger charge is 2.05. The molecule has 0 saturated carbocycles. The fourth-order valence-electron chi connectivity index (χ4n) is 1.48. The largest absolute Gasteiger partial charge is 0.489 e. The first kappa shape index (κ1) is 18.0. The number of nitrogens with zero attached hydrogens (tertiary/aromatic N) is 1. The normalized spacial score (nSPS) is 12.6. The maximum Gasteiger partial charge on any atom is 0.191 e. The van der Waals surface area contributed by atoms with Gasteiger partial charge in [-0.1, -0.05) is 18.2 Å². The summed E-state index contributed by atoms with van der Waals surface area (Å²) in [5.74, 6) is 1.69. The van der Waals surface area contributed by atoms with Crippen LogP contribution in [0.4, 0.5) is 0 Å². The van der Waals surface area contributed by atoms with Gasteiger partial charge in [-0.25, -0.2) is 0 Å². The molecule has 4 nitrogen and oxygen atoms in total. The summed E-state index contributed by atoms with van der Waals surface area (Å²) in [5.41, 5.74) is 0. The van der Waals surface area contributed by atoms with Gasteiger partial charge < -0.3 is 15.4 Å². The van der Waals surface area contributed by atoms with Crippen LogP contribution in [0.25, 0.3) is 0 Å². The van der Waals surface area contributed by atoms with Crippen LogP contribution >= 0.6 is 24.0 Å². The molecular formula is C14H24IN3O. The van der Waals surface area contributed by atoms with Gasteiger partial charge in [-0.3, -0.25) is 4.99 Å². The van der Waals surface area contributed by atoms with Crippen LogP contribution in [-0.2, 0) is 0 Å². The maximum absolute atomic E-state index is 5.77. The van der Waals surface area contributed by atoms with Gasteiger partial charge in [-0.2, -0.15) is 0 Å². The minimum atomic E-state index is 0. The molecule has 19 heavy (non-hydrogen) atoms. The average molecular weight is 377 g/mol. The summed E-state index contributed by atoms with van der Waals surface area (Å²) >= 11 is 0. The molecule has 108 valence electrons. The topological polar surface area (TPSA) is 45.7 Å². The molecular weight excluding hydrogens is 353 g/mol. The van der Waals surface area contributed by atoms with Crippen molar-refractivity contribution in [2.75, 3.05) is 13.6 Å². The van der Waals surface area contributed by atoms with Gasteiger partial charge in [0.1, 0.15) is 11.9 Å². The molecule has 0 heterocycles. The van der Waals surface area contributed by atoms with Crippen molar-refractivity contribution in [2.24, 2.45) is 4.99 Å². The number of hydrogen-bond donors (Lipinski definition) is 2. The Hall–Kier alpha value is -0.980. The molecule has 0 aromatic heterocycles. The zero-order valence-electron chi connectivity index (χ0n) is 12.0. The van der Waals surface area contributed by atoms with Crippen LogP contribution < -0.4 is 15.4 Å². The van der Waals surface area contributed by atoms with Crippen LogP contribution in [-0.4, -0.2) is 31.7 Å². The molecule has 2 N–H and O–H groups in total. The van der Waals surface area contributed by atoms with Gasteiger partial charge in [0.25, 0.3) is 0 Å². The summed E-state index contributed by atoms with van der Waals surface area (Å²) in [6, 6.07) is 10.2. The Labute approximate surface area is 133 Å². The van der Waals surface area contributed by atoms with Crippen molar-refractivity contribution < 1.29 is 4.74 Å². The summed E-state index contributed by atoms with van der Waals surface area (Å²) in [6.45, 7) is 6.90. The van der Waals surface area contributed by atoms with Gasteiger partial charge in [0.15, 0.2) is 5.96 Å². The van der Waals surface area contributed by atoms with Gasteiger partial charge in [0.2, 0.25) is 0 Å². The van der Waals surface area contributed by atoms with E-state index >= 15 is 0 Å². The number of rotatable bonds is 5. The molecule has 0 radical (unpaired) electrons. The quantitative estimate of drug-likeness (QED) is 0.471. The van der Waals surface area contributed by atoms with Crippen LogP contribution in [0.3, 0.4) is 0 Å². The Balaban J connectivity index is 0.00000324. The molecule has 0 amide bonds. The summed E-state index contributed by atoms with van der Waals surface area (Å²) < 4.78 is 5.77. The van der Waals surface area contributed by atoms with E-state index in [1.165, 1.54) is 0 Å². The number of nitrogens with one attached hydrogen (secondary N) is 2. The lowest BCUT2D eigenvalue weighted by atomic mass is 10.3. The Morgan fingerprint density at radius 3 is 2.37 bits per heavy atom. The third kappa shape index (κ3) is 7.92. The molecule has 1 unspecified atom stereocenters. The fourth-order valence-corrected chi connectivity index (χ4v) is 1.48. The Kier molecular flexibility index (Phi) is 9.38. The van der Waals surface area contributed by atoms with Crippen LogP contribution in [0.5, 0.6) is 5.75 Å². The van der Waals surface area contributed by atoms with Crippen molar-refractivity contribution in [3.8, 4) is 5.75 Å². The molecule has 0 saturated heterocycles. The molecule has 1 rings (SSSR count). The summed E-state index contributed by atoms with van der Waals surface area (Å²) in [6.07, 6.45) is 0.0816. The lowest BCUT2D eigenvalue weighted by molar-refractivity contribution is 0.224. The van der Waals surface area contributed by atoms with Crippen LogP contribution in [0, 0.1) is 0 Å². The summed E-state index contributed by atoms with van der Waals surface area (Å²) in [7, 11) is 1.76. The van der Waals surface area contributed by atoms with Gasteiger partial charge in [-0.05, 0) is 32.9 Å². The second-order valence-corrected chi connectivity index (χ2v) is 4.49. The molecule has 0 aliphatic rings. The minimum absolute atomic E-state index is 0. The maximum atomic E-state index is 5.77. The zero-order chi connectivity index (χ0) is 13.4. The highest BCUT2D eigenvalue weighted by atomic mass is 127. The van der Waals surface area contributed by atoms with Crippen molar-refractivity contribution >= 4 is 29.9 Å². The van der Waals surface area contributed by atoms with Crippen molar-refractivity contribution in [1.29, 1.82) is 0 Å². The van der Waals surface area contributed by atoms with Crippen LogP contribution in [0.1, 0.15) is 20.8 Å². The highest BCUT2D eigenvalue weighted by molar-refractivity contribution is 14.0. The van der Waals surface area contributed by atoms with Gasteiger partial charge in [-0.15, -0.1) is 24.0 Å². The van der Waals surface area contributed by atoms with Crippen molar-refractivity contribution in [2.45, 2.75) is 32.9 Å². The molecule has 0 spiro atoms. The zero-order valence-corrected chi connectivity index (χ0v) is 14.3. The Morgan fingerprint density at radius 2 is 1.84 bits per heavy atom. The standard InChI is InChI=1S/C14H23N3O.HI/c1-11(2)17-14(15-4)16-10-12(3)18-13-8-6-5-7-9-13;/h5-9,11-12H,10H2,1-4H3,(H2,15,16,17);1H. The number of hydrogen-bond acceptors (Lipinski definition) is 2. The third-order valence-electron chi connectivity index (χ3n) is 2.29. The first-order valence-electron chi connectivity index (χ1n) is 6.30. The molecule has 0 aliphatic carbocycles. The molecule has 0 aliphatic heterocycles. The highest BCUT2D eigenvalue weighted by Crippen LogP contribution is 2.10. The molecule has 0 bridgehead atoms. The van der Waals surface area contributed by atoms with Gasteiger partial charge >= 0.3 is 0 Å². The number of halogens is 1. The van der Waals surface area contributed by atoms with E-state index in [-0.39, 0.29) is 30.1 Å². The number of ether oxygens (including phenoxy) is 1. The first-order valence-corrected chi connectivity index (χ1v) is 6.30. The Bertz CT molecular complexity index is 368. The van der Waals surface area contributed by atoms with E-state index < -0.39 is 0 Å². The van der Waals surface area contributed by atoms with E-state index in [0.717, 1.165) is 11.7 Å². The molecule has 1 aromatic rings. The lowest BCUT2D eigenvalue weighted by Gasteiger charge is -2.18. The van der Waals surface area contributed by atoms with E-state index in [1.807, 2.05) is 37.3 Å². The van der Waals surface area contributed by atoms with Gasteiger partial charge in [0.05, 0.1) is 6.54 Å². The van der Waals surface area contributed by atoms with Crippen molar-refractivity contribution in [3.05, 3.63) is 30.3 Å². The number of guanidine groups is 1. The van der Waals surface area contributed by atoms with Gasteiger partial charge in [0, 0.05) is 13.1 Å². The predicted molar refractivity (Wildman–Crippen MR) is 91.6 cm³/mol. The monoisotopic (exact) mass is 377 g/mol.